The van der Waals surface area contributed by atoms with Gasteiger partial charge < -0.3 is 14.8 Å². The van der Waals surface area contributed by atoms with Crippen LogP contribution in [0.3, 0.4) is 0 Å². The zero-order valence-corrected chi connectivity index (χ0v) is 12.5. The summed E-state index contributed by atoms with van der Waals surface area (Å²) in [5.74, 6) is 0.274. The molecule has 0 saturated heterocycles. The van der Waals surface area contributed by atoms with E-state index in [0.717, 1.165) is 17.7 Å². The van der Waals surface area contributed by atoms with Crippen molar-refractivity contribution in [1.82, 2.24) is 0 Å². The Morgan fingerprint density at radius 3 is 2.76 bits per heavy atom. The number of rotatable bonds is 3. The van der Waals surface area contributed by atoms with Gasteiger partial charge in [-0.05, 0) is 28.1 Å². The van der Waals surface area contributed by atoms with Crippen molar-refractivity contribution in [2.24, 2.45) is 0 Å². The van der Waals surface area contributed by atoms with E-state index in [1.54, 1.807) is 0 Å². The van der Waals surface area contributed by atoms with Gasteiger partial charge in [0.25, 0.3) is 0 Å². The second kappa shape index (κ2) is 5.89. The number of nitrogens with one attached hydrogen (secondary N) is 1. The van der Waals surface area contributed by atoms with E-state index in [2.05, 4.69) is 21.2 Å². The minimum Gasteiger partial charge on any atom is -0.486 e. The van der Waals surface area contributed by atoms with Crippen LogP contribution in [0.2, 0.25) is 0 Å². The quantitative estimate of drug-likeness (QED) is 0.840. The maximum atomic E-state index is 13.8. The van der Waals surface area contributed by atoms with Crippen LogP contribution < -0.4 is 14.8 Å². The fraction of sp³-hybridized carbons (Fsp3) is 0.200. The molecule has 0 spiro atoms. The average molecular weight is 356 g/mol. The first kappa shape index (κ1) is 14.1. The second-order valence-electron chi connectivity index (χ2n) is 4.54. The maximum absolute atomic E-state index is 13.8. The minimum absolute atomic E-state index is 0.0966. The third-order valence-corrected chi connectivity index (χ3v) is 3.73. The van der Waals surface area contributed by atoms with Gasteiger partial charge in [0.15, 0.2) is 11.5 Å². The monoisotopic (exact) mass is 355 g/mol. The summed E-state index contributed by atoms with van der Waals surface area (Å²) in [4.78, 5) is 0. The standard InChI is InChI=1S/C15H12BrF2NO2/c16-10-6-12(18)13(7-11(10)17)19-8-9-2-1-3-14-15(9)21-5-4-20-14/h1-3,6-7,19H,4-5,8H2. The van der Waals surface area contributed by atoms with Crippen molar-refractivity contribution in [2.45, 2.75) is 6.54 Å². The van der Waals surface area contributed by atoms with E-state index in [9.17, 15) is 8.78 Å². The molecule has 0 fully saturated rings. The molecule has 0 radical (unpaired) electrons. The fourth-order valence-corrected chi connectivity index (χ4v) is 2.44. The summed E-state index contributed by atoms with van der Waals surface area (Å²) >= 11 is 2.95. The minimum atomic E-state index is -0.523. The third-order valence-electron chi connectivity index (χ3n) is 3.13. The number of benzene rings is 2. The van der Waals surface area contributed by atoms with Crippen molar-refractivity contribution in [3.63, 3.8) is 0 Å². The largest absolute Gasteiger partial charge is 0.486 e. The summed E-state index contributed by atoms with van der Waals surface area (Å²) in [5.41, 5.74) is 0.931. The lowest BCUT2D eigenvalue weighted by atomic mass is 10.1. The Balaban J connectivity index is 1.81. The third kappa shape index (κ3) is 2.95. The highest BCUT2D eigenvalue weighted by atomic mass is 79.9. The number of para-hydroxylation sites is 1. The second-order valence-corrected chi connectivity index (χ2v) is 5.40. The van der Waals surface area contributed by atoms with Crippen LogP contribution in [-0.2, 0) is 6.54 Å². The van der Waals surface area contributed by atoms with E-state index >= 15 is 0 Å². The summed E-state index contributed by atoms with van der Waals surface area (Å²) < 4.78 is 38.4. The molecule has 110 valence electrons. The molecule has 1 aliphatic rings. The first-order valence-corrected chi connectivity index (χ1v) is 7.20. The van der Waals surface area contributed by atoms with E-state index in [1.807, 2.05) is 18.2 Å². The lowest BCUT2D eigenvalue weighted by Gasteiger charge is -2.21. The van der Waals surface area contributed by atoms with Crippen molar-refractivity contribution in [3.05, 3.63) is 52.0 Å². The van der Waals surface area contributed by atoms with Gasteiger partial charge in [0.2, 0.25) is 0 Å². The summed E-state index contributed by atoms with van der Waals surface area (Å²) in [6.07, 6.45) is 0. The molecular weight excluding hydrogens is 344 g/mol. The average Bonchev–Trinajstić information content (AvgIpc) is 2.49. The molecule has 3 nitrogen and oxygen atoms in total. The van der Waals surface area contributed by atoms with Gasteiger partial charge in [-0.15, -0.1) is 0 Å². The molecule has 0 saturated carbocycles. The Kier molecular flexibility index (Phi) is 3.96. The smallest absolute Gasteiger partial charge is 0.166 e. The molecule has 0 aliphatic carbocycles. The number of ether oxygens (including phenoxy) is 2. The van der Waals surface area contributed by atoms with Crippen LogP contribution in [0.1, 0.15) is 5.56 Å². The fourth-order valence-electron chi connectivity index (χ4n) is 2.12. The predicted molar refractivity (Wildman–Crippen MR) is 78.8 cm³/mol. The first-order chi connectivity index (χ1) is 10.1. The Morgan fingerprint density at radius 1 is 1.10 bits per heavy atom. The number of halogens is 3. The highest BCUT2D eigenvalue weighted by Gasteiger charge is 2.16. The molecule has 0 amide bonds. The molecule has 2 aromatic rings. The Labute approximate surface area is 129 Å². The van der Waals surface area contributed by atoms with Gasteiger partial charge in [-0.3, -0.25) is 0 Å². The van der Waals surface area contributed by atoms with Gasteiger partial charge in [-0.1, -0.05) is 12.1 Å². The molecule has 1 N–H and O–H groups in total. The van der Waals surface area contributed by atoms with Crippen LogP contribution in [0, 0.1) is 11.6 Å². The van der Waals surface area contributed by atoms with Crippen LogP contribution >= 0.6 is 15.9 Å². The van der Waals surface area contributed by atoms with Crippen LogP contribution in [0.4, 0.5) is 14.5 Å². The van der Waals surface area contributed by atoms with Gasteiger partial charge in [-0.25, -0.2) is 8.78 Å². The molecular formula is C15H12BrF2NO2. The number of hydrogen-bond donors (Lipinski definition) is 1. The van der Waals surface area contributed by atoms with E-state index in [4.69, 9.17) is 9.47 Å². The molecule has 2 aromatic carbocycles. The molecule has 3 rings (SSSR count). The molecule has 0 aromatic heterocycles. The van der Waals surface area contributed by atoms with Gasteiger partial charge in [-0.2, -0.15) is 0 Å². The van der Waals surface area contributed by atoms with Gasteiger partial charge in [0.1, 0.15) is 24.8 Å². The van der Waals surface area contributed by atoms with E-state index in [0.29, 0.717) is 31.3 Å². The Morgan fingerprint density at radius 2 is 1.90 bits per heavy atom. The molecule has 0 atom stereocenters. The van der Waals surface area contributed by atoms with Gasteiger partial charge in [0, 0.05) is 18.2 Å². The van der Waals surface area contributed by atoms with Crippen molar-refractivity contribution in [1.29, 1.82) is 0 Å². The topological polar surface area (TPSA) is 30.5 Å². The molecule has 21 heavy (non-hydrogen) atoms. The van der Waals surface area contributed by atoms with E-state index in [1.165, 1.54) is 0 Å². The zero-order valence-electron chi connectivity index (χ0n) is 11.0. The van der Waals surface area contributed by atoms with Crippen molar-refractivity contribution >= 4 is 21.6 Å². The number of fused-ring (bicyclic) bond motifs is 1. The SMILES string of the molecule is Fc1cc(NCc2cccc3c2OCCO3)c(F)cc1Br. The Hall–Kier alpha value is -1.82. The summed E-state index contributed by atoms with van der Waals surface area (Å²) in [6.45, 7) is 1.30. The summed E-state index contributed by atoms with van der Waals surface area (Å²) in [5, 5.41) is 2.88. The van der Waals surface area contributed by atoms with Crippen LogP contribution in [0.25, 0.3) is 0 Å². The molecule has 1 heterocycles. The zero-order chi connectivity index (χ0) is 14.8. The number of anilines is 1. The van der Waals surface area contributed by atoms with Gasteiger partial charge >= 0.3 is 0 Å². The van der Waals surface area contributed by atoms with Crippen molar-refractivity contribution in [3.8, 4) is 11.5 Å². The van der Waals surface area contributed by atoms with E-state index < -0.39 is 11.6 Å². The molecule has 0 unspecified atom stereocenters. The number of hydrogen-bond acceptors (Lipinski definition) is 3. The molecule has 1 aliphatic heterocycles. The summed E-state index contributed by atoms with van der Waals surface area (Å²) in [7, 11) is 0. The van der Waals surface area contributed by atoms with Crippen LogP contribution in [0.15, 0.2) is 34.8 Å². The molecule has 0 bridgehead atoms. The van der Waals surface area contributed by atoms with Crippen molar-refractivity contribution < 1.29 is 18.3 Å². The predicted octanol–water partition coefficient (Wildman–Crippen LogP) is 4.11. The van der Waals surface area contributed by atoms with Crippen LogP contribution in [-0.4, -0.2) is 13.2 Å². The highest BCUT2D eigenvalue weighted by Crippen LogP contribution is 2.34. The summed E-state index contributed by atoms with van der Waals surface area (Å²) in [6, 6.07) is 7.72. The highest BCUT2D eigenvalue weighted by molar-refractivity contribution is 9.10. The maximum Gasteiger partial charge on any atom is 0.166 e. The molecule has 6 heteroatoms. The van der Waals surface area contributed by atoms with Gasteiger partial charge in [0.05, 0.1) is 10.2 Å². The first-order valence-electron chi connectivity index (χ1n) is 6.41. The lowest BCUT2D eigenvalue weighted by Crippen LogP contribution is -2.17. The van der Waals surface area contributed by atoms with Crippen molar-refractivity contribution in [2.75, 3.05) is 18.5 Å². The van der Waals surface area contributed by atoms with Crippen LogP contribution in [0.5, 0.6) is 11.5 Å². The Bertz CT molecular complexity index is 679. The lowest BCUT2D eigenvalue weighted by molar-refractivity contribution is 0.170. The van der Waals surface area contributed by atoms with E-state index in [-0.39, 0.29) is 10.2 Å². The normalized spacial score (nSPS) is 13.1.